The van der Waals surface area contributed by atoms with Crippen molar-refractivity contribution < 1.29 is 4.79 Å². The Morgan fingerprint density at radius 2 is 2.00 bits per heavy atom. The molecular formula is C14H27NO. The van der Waals surface area contributed by atoms with Crippen LogP contribution in [0.15, 0.2) is 0 Å². The van der Waals surface area contributed by atoms with Gasteiger partial charge in [-0.3, -0.25) is 4.79 Å². The Bertz CT molecular complexity index is 209. The van der Waals surface area contributed by atoms with Gasteiger partial charge < -0.3 is 5.32 Å². The molecule has 0 spiro atoms. The highest BCUT2D eigenvalue weighted by atomic mass is 16.1. The van der Waals surface area contributed by atoms with E-state index >= 15 is 0 Å². The first-order chi connectivity index (χ1) is 7.70. The van der Waals surface area contributed by atoms with Crippen molar-refractivity contribution in [3.05, 3.63) is 0 Å². The number of nitrogens with one attached hydrogen (secondary N) is 1. The minimum atomic E-state index is -0.0380. The second kappa shape index (κ2) is 6.39. The maximum atomic E-state index is 12.6. The number of Topliss-reactive ketones (excluding diaryl/α,β-unsaturated/α-hetero) is 1. The maximum absolute atomic E-state index is 12.6. The molecule has 1 fully saturated rings. The smallest absolute Gasteiger partial charge is 0.143 e. The van der Waals surface area contributed by atoms with Crippen LogP contribution in [0.3, 0.4) is 0 Å². The second-order valence-electron chi connectivity index (χ2n) is 5.19. The van der Waals surface area contributed by atoms with Gasteiger partial charge in [0, 0.05) is 17.9 Å². The summed E-state index contributed by atoms with van der Waals surface area (Å²) in [6.45, 7) is 8.47. The molecule has 1 aliphatic rings. The van der Waals surface area contributed by atoms with Crippen LogP contribution in [0, 0.1) is 11.3 Å². The van der Waals surface area contributed by atoms with Gasteiger partial charge in [-0.1, -0.05) is 27.2 Å². The number of carbonyl (C=O) groups is 1. The lowest BCUT2D eigenvalue weighted by molar-refractivity contribution is -0.134. The molecule has 0 aromatic heterocycles. The quantitative estimate of drug-likeness (QED) is 0.752. The number of hydrogen-bond acceptors (Lipinski definition) is 2. The lowest BCUT2D eigenvalue weighted by Crippen LogP contribution is -2.47. The molecule has 0 aromatic rings. The highest BCUT2D eigenvalue weighted by Gasteiger charge is 2.40. The maximum Gasteiger partial charge on any atom is 0.143 e. The van der Waals surface area contributed by atoms with Crippen LogP contribution < -0.4 is 5.32 Å². The highest BCUT2D eigenvalue weighted by Crippen LogP contribution is 2.36. The SMILES string of the molecule is CCCC1(C(=O)C(CC)CC)CCCNC1. The predicted octanol–water partition coefficient (Wildman–Crippen LogP) is 3.16. The first kappa shape index (κ1) is 13.7. The van der Waals surface area contributed by atoms with Crippen LogP contribution in [0.1, 0.15) is 59.3 Å². The van der Waals surface area contributed by atoms with Crippen LogP contribution in [-0.4, -0.2) is 18.9 Å². The van der Waals surface area contributed by atoms with E-state index in [4.69, 9.17) is 0 Å². The predicted molar refractivity (Wildman–Crippen MR) is 68.5 cm³/mol. The Hall–Kier alpha value is -0.370. The first-order valence-electron chi connectivity index (χ1n) is 6.95. The number of piperidine rings is 1. The summed E-state index contributed by atoms with van der Waals surface area (Å²) in [7, 11) is 0. The molecule has 0 radical (unpaired) electrons. The normalized spacial score (nSPS) is 26.0. The van der Waals surface area contributed by atoms with Crippen molar-refractivity contribution >= 4 is 5.78 Å². The zero-order valence-corrected chi connectivity index (χ0v) is 11.1. The molecule has 1 heterocycles. The average Bonchev–Trinajstić information content (AvgIpc) is 2.32. The molecule has 16 heavy (non-hydrogen) atoms. The minimum Gasteiger partial charge on any atom is -0.316 e. The molecule has 2 nitrogen and oxygen atoms in total. The van der Waals surface area contributed by atoms with E-state index < -0.39 is 0 Å². The number of carbonyl (C=O) groups excluding carboxylic acids is 1. The third kappa shape index (κ3) is 2.85. The molecule has 1 rings (SSSR count). The van der Waals surface area contributed by atoms with Gasteiger partial charge in [0.1, 0.15) is 5.78 Å². The summed E-state index contributed by atoms with van der Waals surface area (Å²) in [5.74, 6) is 0.818. The second-order valence-corrected chi connectivity index (χ2v) is 5.19. The molecule has 0 amide bonds. The molecule has 2 heteroatoms. The van der Waals surface area contributed by atoms with Gasteiger partial charge >= 0.3 is 0 Å². The Morgan fingerprint density at radius 3 is 2.44 bits per heavy atom. The Balaban J connectivity index is 2.78. The van der Waals surface area contributed by atoms with E-state index in [0.717, 1.165) is 51.6 Å². The van der Waals surface area contributed by atoms with Gasteiger partial charge in [0.15, 0.2) is 0 Å². The molecule has 1 unspecified atom stereocenters. The zero-order chi connectivity index (χ0) is 12.0. The molecule has 1 aliphatic heterocycles. The fourth-order valence-corrected chi connectivity index (χ4v) is 3.09. The van der Waals surface area contributed by atoms with E-state index in [-0.39, 0.29) is 11.3 Å². The van der Waals surface area contributed by atoms with Gasteiger partial charge in [0.25, 0.3) is 0 Å². The van der Waals surface area contributed by atoms with Crippen LogP contribution >= 0.6 is 0 Å². The monoisotopic (exact) mass is 225 g/mol. The standard InChI is InChI=1S/C14H27NO/c1-4-8-14(9-7-10-15-11-14)13(16)12(5-2)6-3/h12,15H,4-11H2,1-3H3. The van der Waals surface area contributed by atoms with Crippen LogP contribution in [0.4, 0.5) is 0 Å². The average molecular weight is 225 g/mol. The molecule has 1 atom stereocenters. The molecule has 0 bridgehead atoms. The molecule has 0 aromatic carbocycles. The minimum absolute atomic E-state index is 0.0380. The van der Waals surface area contributed by atoms with Crippen molar-refractivity contribution in [2.45, 2.75) is 59.3 Å². The molecule has 1 N–H and O–H groups in total. The third-order valence-corrected chi connectivity index (χ3v) is 4.08. The van der Waals surface area contributed by atoms with E-state index in [1.165, 1.54) is 0 Å². The summed E-state index contributed by atoms with van der Waals surface area (Å²) in [5, 5.41) is 3.42. The fourth-order valence-electron chi connectivity index (χ4n) is 3.09. The van der Waals surface area contributed by atoms with Gasteiger partial charge in [0.2, 0.25) is 0 Å². The van der Waals surface area contributed by atoms with Crippen molar-refractivity contribution in [3.63, 3.8) is 0 Å². The molecule has 0 aliphatic carbocycles. The topological polar surface area (TPSA) is 29.1 Å². The lowest BCUT2D eigenvalue weighted by atomic mass is 9.69. The van der Waals surface area contributed by atoms with E-state index in [1.54, 1.807) is 0 Å². The van der Waals surface area contributed by atoms with Crippen molar-refractivity contribution in [2.75, 3.05) is 13.1 Å². The van der Waals surface area contributed by atoms with Gasteiger partial charge in [-0.25, -0.2) is 0 Å². The van der Waals surface area contributed by atoms with E-state index in [1.807, 2.05) is 0 Å². The molecule has 0 saturated carbocycles. The highest BCUT2D eigenvalue weighted by molar-refractivity contribution is 5.87. The summed E-state index contributed by atoms with van der Waals surface area (Å²) < 4.78 is 0. The van der Waals surface area contributed by atoms with E-state index in [2.05, 4.69) is 26.1 Å². The number of ketones is 1. The summed E-state index contributed by atoms with van der Waals surface area (Å²) in [5.41, 5.74) is -0.0380. The van der Waals surface area contributed by atoms with Gasteiger partial charge in [-0.2, -0.15) is 0 Å². The molecular weight excluding hydrogens is 198 g/mol. The fraction of sp³-hybridized carbons (Fsp3) is 0.929. The Kier molecular flexibility index (Phi) is 5.47. The summed E-state index contributed by atoms with van der Waals surface area (Å²) >= 11 is 0. The largest absolute Gasteiger partial charge is 0.316 e. The first-order valence-corrected chi connectivity index (χ1v) is 6.95. The summed E-state index contributed by atoms with van der Waals surface area (Å²) in [6, 6.07) is 0. The summed E-state index contributed by atoms with van der Waals surface area (Å²) in [4.78, 5) is 12.6. The van der Waals surface area contributed by atoms with E-state index in [0.29, 0.717) is 5.78 Å². The van der Waals surface area contributed by atoms with Gasteiger partial charge in [-0.05, 0) is 38.6 Å². The van der Waals surface area contributed by atoms with Crippen LogP contribution in [0.5, 0.6) is 0 Å². The molecule has 94 valence electrons. The van der Waals surface area contributed by atoms with E-state index in [9.17, 15) is 4.79 Å². The number of hydrogen-bond donors (Lipinski definition) is 1. The van der Waals surface area contributed by atoms with Crippen LogP contribution in [-0.2, 0) is 4.79 Å². The third-order valence-electron chi connectivity index (χ3n) is 4.08. The van der Waals surface area contributed by atoms with Crippen LogP contribution in [0.2, 0.25) is 0 Å². The lowest BCUT2D eigenvalue weighted by Gasteiger charge is -2.38. The summed E-state index contributed by atoms with van der Waals surface area (Å²) in [6.07, 6.45) is 6.44. The Labute approximate surface area is 100 Å². The van der Waals surface area contributed by atoms with Crippen molar-refractivity contribution in [2.24, 2.45) is 11.3 Å². The van der Waals surface area contributed by atoms with Crippen molar-refractivity contribution in [3.8, 4) is 0 Å². The van der Waals surface area contributed by atoms with Gasteiger partial charge in [0.05, 0.1) is 0 Å². The zero-order valence-electron chi connectivity index (χ0n) is 11.1. The van der Waals surface area contributed by atoms with Crippen LogP contribution in [0.25, 0.3) is 0 Å². The number of rotatable bonds is 6. The van der Waals surface area contributed by atoms with Gasteiger partial charge in [-0.15, -0.1) is 0 Å². The van der Waals surface area contributed by atoms with Crippen molar-refractivity contribution in [1.29, 1.82) is 0 Å². The van der Waals surface area contributed by atoms with Crippen molar-refractivity contribution in [1.82, 2.24) is 5.32 Å². The Morgan fingerprint density at radius 1 is 1.31 bits per heavy atom. The molecule has 1 saturated heterocycles.